The van der Waals surface area contributed by atoms with Crippen LogP contribution in [0.4, 0.5) is 0 Å². The second-order valence-corrected chi connectivity index (χ2v) is 1.62. The van der Waals surface area contributed by atoms with Crippen molar-refractivity contribution < 1.29 is 5.11 Å². The molecule has 0 radical (unpaired) electrons. The summed E-state index contributed by atoms with van der Waals surface area (Å²) >= 11 is 0. The Balaban J connectivity index is 2.49. The molecule has 1 rings (SSSR count). The number of rotatable bonds is 0. The molecule has 0 aromatic rings. The second kappa shape index (κ2) is 1.94. The highest BCUT2D eigenvalue weighted by atomic mass is 16.4. The van der Waals surface area contributed by atoms with Crippen LogP contribution in [0.15, 0.2) is 24.3 Å². The lowest BCUT2D eigenvalue weighted by Crippen LogP contribution is -2.00. The summed E-state index contributed by atoms with van der Waals surface area (Å²) in [6, 6.07) is 0. The lowest BCUT2D eigenvalue weighted by molar-refractivity contribution is 0.225. The molecule has 0 fully saturated rings. The highest BCUT2D eigenvalue weighted by Crippen LogP contribution is 2.00. The highest BCUT2D eigenvalue weighted by molar-refractivity contribution is 5.11. The van der Waals surface area contributed by atoms with Crippen molar-refractivity contribution in [2.45, 2.75) is 12.5 Å². The molecule has 1 nitrogen and oxygen atoms in total. The Labute approximate surface area is 43.0 Å². The van der Waals surface area contributed by atoms with Crippen LogP contribution in [-0.4, -0.2) is 11.2 Å². The van der Waals surface area contributed by atoms with Gasteiger partial charge in [0.05, 0.1) is 6.10 Å². The van der Waals surface area contributed by atoms with E-state index in [4.69, 9.17) is 5.11 Å². The van der Waals surface area contributed by atoms with Gasteiger partial charge in [0.1, 0.15) is 0 Å². The fourth-order valence-corrected chi connectivity index (χ4v) is 0.568. The van der Waals surface area contributed by atoms with Gasteiger partial charge in [-0.15, -0.1) is 0 Å². The van der Waals surface area contributed by atoms with Gasteiger partial charge in [-0.2, -0.15) is 0 Å². The van der Waals surface area contributed by atoms with Gasteiger partial charge in [0, 0.05) is 0 Å². The van der Waals surface area contributed by atoms with Crippen LogP contribution < -0.4 is 0 Å². The van der Waals surface area contributed by atoms with E-state index in [0.29, 0.717) is 0 Å². The Kier molecular flexibility index (Phi) is 1.27. The summed E-state index contributed by atoms with van der Waals surface area (Å²) in [6.45, 7) is 0. The normalized spacial score (nSPS) is 28.4. The van der Waals surface area contributed by atoms with Crippen molar-refractivity contribution in [3.8, 4) is 0 Å². The summed E-state index contributed by atoms with van der Waals surface area (Å²) in [7, 11) is 0. The monoisotopic (exact) mass is 102 g/mol. The van der Waals surface area contributed by atoms with Gasteiger partial charge in [-0.25, -0.2) is 0 Å². The summed E-state index contributed by atoms with van der Waals surface area (Å²) < 4.78 is 0. The zero-order valence-electron chi connectivity index (χ0n) is 4.04. The molecule has 0 spiro atoms. The average molecular weight is 102 g/mol. The van der Waals surface area contributed by atoms with Crippen LogP contribution in [0.3, 0.4) is 0 Å². The van der Waals surface area contributed by atoms with Gasteiger partial charge < -0.3 is 5.11 Å². The third kappa shape index (κ3) is 1.16. The van der Waals surface area contributed by atoms with Crippen molar-refractivity contribution in [1.29, 1.82) is 0 Å². The first-order chi connectivity index (χ1) is 3.39. The van der Waals surface area contributed by atoms with E-state index in [2.05, 4.69) is 0 Å². The number of hydrogen-bond acceptors (Lipinski definition) is 1. The summed E-state index contributed by atoms with van der Waals surface area (Å²) in [5.41, 5.74) is 0. The van der Waals surface area contributed by atoms with Gasteiger partial charge in [-0.1, -0.05) is 24.3 Å². The molecule has 0 saturated heterocycles. The molecule has 7 heavy (non-hydrogen) atoms. The van der Waals surface area contributed by atoms with Gasteiger partial charge >= 0.3 is 0 Å². The molecular weight excluding hydrogens is 94.0 g/mol. The molecule has 1 aliphatic carbocycles. The third-order valence-electron chi connectivity index (χ3n) is 0.958. The first kappa shape index (κ1) is 4.60. The van der Waals surface area contributed by atoms with Crippen molar-refractivity contribution in [2.75, 3.05) is 0 Å². The van der Waals surface area contributed by atoms with E-state index in [1.165, 1.54) is 0 Å². The highest BCUT2D eigenvalue weighted by Gasteiger charge is 1.95. The fraction of sp³-hybridized carbons (Fsp3) is 0.333. The largest absolute Gasteiger partial charge is 0.389 e. The maximum atomic E-state index is 8.77. The van der Waals surface area contributed by atoms with Crippen LogP contribution in [-0.2, 0) is 0 Å². The molecule has 0 aromatic heterocycles. The zero-order valence-corrected chi connectivity index (χ0v) is 4.04. The van der Waals surface area contributed by atoms with Crippen LogP contribution in [0.2, 0.25) is 0 Å². The SMILES string of the molecule is O[13CH]1[13CH]=[13CH][13CH]=[13CH][13CH2]1. The van der Waals surface area contributed by atoms with E-state index in [9.17, 15) is 0 Å². The second-order valence-electron chi connectivity index (χ2n) is 1.62. The molecular formula is C6H8O. The Morgan fingerprint density at radius 3 is 2.57 bits per heavy atom. The van der Waals surface area contributed by atoms with Crippen LogP contribution in [0, 0.1) is 0 Å². The summed E-state index contributed by atoms with van der Waals surface area (Å²) in [5.74, 6) is 0. The fourth-order valence-electron chi connectivity index (χ4n) is 0.568. The maximum absolute atomic E-state index is 8.77. The predicted octanol–water partition coefficient (Wildman–Crippen LogP) is 0.863. The minimum atomic E-state index is -0.231. The average Bonchev–Trinajstić information content (AvgIpc) is 1.69. The Morgan fingerprint density at radius 2 is 2.29 bits per heavy atom. The molecule has 0 heterocycles. The summed E-state index contributed by atoms with van der Waals surface area (Å²) in [6.07, 6.45) is 8.06. The maximum Gasteiger partial charge on any atom is 0.0758 e. The molecule has 1 heteroatoms. The van der Waals surface area contributed by atoms with E-state index in [1.54, 1.807) is 6.08 Å². The van der Waals surface area contributed by atoms with Gasteiger partial charge in [-0.05, 0) is 6.42 Å². The van der Waals surface area contributed by atoms with Gasteiger partial charge in [0.25, 0.3) is 0 Å². The minimum Gasteiger partial charge on any atom is -0.389 e. The first-order valence-corrected chi connectivity index (χ1v) is 2.41. The molecule has 1 atom stereocenters. The molecule has 0 bridgehead atoms. The summed E-state index contributed by atoms with van der Waals surface area (Å²) in [4.78, 5) is 0. The van der Waals surface area contributed by atoms with Crippen molar-refractivity contribution >= 4 is 0 Å². The Morgan fingerprint density at radius 1 is 1.43 bits per heavy atom. The molecule has 1 aliphatic rings. The Bertz CT molecular complexity index is 103. The lowest BCUT2D eigenvalue weighted by atomic mass is 11.1. The molecule has 0 aromatic carbocycles. The molecule has 0 saturated carbocycles. The molecule has 1 N–H and O–H groups in total. The number of allylic oxidation sites excluding steroid dienone is 2. The van der Waals surface area contributed by atoms with Crippen molar-refractivity contribution in [3.63, 3.8) is 0 Å². The van der Waals surface area contributed by atoms with Gasteiger partial charge in [0.15, 0.2) is 0 Å². The predicted molar refractivity (Wildman–Crippen MR) is 28.9 cm³/mol. The number of aliphatic hydroxyl groups is 1. The molecule has 0 amide bonds. The van der Waals surface area contributed by atoms with Crippen molar-refractivity contribution in [2.24, 2.45) is 0 Å². The van der Waals surface area contributed by atoms with E-state index in [1.807, 2.05) is 18.2 Å². The Hall–Kier alpha value is -0.560. The van der Waals surface area contributed by atoms with E-state index in [-0.39, 0.29) is 6.10 Å². The van der Waals surface area contributed by atoms with Crippen molar-refractivity contribution in [3.05, 3.63) is 24.3 Å². The number of aliphatic hydroxyl groups excluding tert-OH is 1. The third-order valence-corrected chi connectivity index (χ3v) is 0.958. The van der Waals surface area contributed by atoms with E-state index >= 15 is 0 Å². The smallest absolute Gasteiger partial charge is 0.0758 e. The van der Waals surface area contributed by atoms with Crippen LogP contribution >= 0.6 is 0 Å². The minimum absolute atomic E-state index is 0.231. The quantitative estimate of drug-likeness (QED) is 0.450. The van der Waals surface area contributed by atoms with Crippen molar-refractivity contribution in [1.82, 2.24) is 0 Å². The van der Waals surface area contributed by atoms with E-state index in [0.717, 1.165) is 6.42 Å². The molecule has 38 valence electrons. The van der Waals surface area contributed by atoms with Gasteiger partial charge in [0.2, 0.25) is 0 Å². The van der Waals surface area contributed by atoms with Crippen LogP contribution in [0.5, 0.6) is 0 Å². The summed E-state index contributed by atoms with van der Waals surface area (Å²) in [5, 5.41) is 8.77. The first-order valence-electron chi connectivity index (χ1n) is 2.41. The van der Waals surface area contributed by atoms with Crippen LogP contribution in [0.25, 0.3) is 0 Å². The van der Waals surface area contributed by atoms with Crippen LogP contribution in [0.1, 0.15) is 6.42 Å². The number of hydrogen-bond donors (Lipinski definition) is 1. The molecule has 0 aliphatic heterocycles. The molecule has 1 unspecified atom stereocenters. The zero-order chi connectivity index (χ0) is 5.11. The lowest BCUT2D eigenvalue weighted by Gasteiger charge is -2.01. The van der Waals surface area contributed by atoms with E-state index < -0.39 is 0 Å². The standard InChI is InChI=1S/C6H8O/c7-6-4-2-1-3-5-6/h1-4,6-7H,5H2/i1+1,2+1,3+1,4+1,5+1,6+1. The van der Waals surface area contributed by atoms with Gasteiger partial charge in [-0.3, -0.25) is 0 Å². The topological polar surface area (TPSA) is 20.2 Å².